The summed E-state index contributed by atoms with van der Waals surface area (Å²) in [5.41, 5.74) is 0. The number of amides is 2. The highest BCUT2D eigenvalue weighted by atomic mass is 32.2. The van der Waals surface area contributed by atoms with Gasteiger partial charge in [0, 0.05) is 17.3 Å². The smallest absolute Gasteiger partial charge is 0.311 e. The van der Waals surface area contributed by atoms with E-state index in [-0.39, 0.29) is 36.4 Å². The molecule has 3 heterocycles. The molecular formula is C29H46N2O5S. The lowest BCUT2D eigenvalue weighted by atomic mass is 9.66. The number of aliphatic hydroxyl groups excluding tert-OH is 1. The van der Waals surface area contributed by atoms with Gasteiger partial charge < -0.3 is 19.6 Å². The molecule has 1 N–H and O–H groups in total. The topological polar surface area (TPSA) is 87.1 Å². The molecule has 2 unspecified atom stereocenters. The largest absolute Gasteiger partial charge is 0.465 e. The van der Waals surface area contributed by atoms with E-state index >= 15 is 0 Å². The summed E-state index contributed by atoms with van der Waals surface area (Å²) in [7, 11) is 0. The molecule has 1 spiro atoms. The van der Waals surface area contributed by atoms with Crippen LogP contribution in [-0.4, -0.2) is 80.1 Å². The molecule has 2 bridgehead atoms. The minimum atomic E-state index is -0.740. The number of allylic oxidation sites excluding steroid dienone is 1. The summed E-state index contributed by atoms with van der Waals surface area (Å²) in [6, 6.07) is -1.31. The second-order valence-corrected chi connectivity index (χ2v) is 13.3. The number of ether oxygens (including phenoxy) is 1. The first-order valence-corrected chi connectivity index (χ1v) is 14.7. The van der Waals surface area contributed by atoms with Crippen molar-refractivity contribution >= 4 is 29.5 Å². The van der Waals surface area contributed by atoms with E-state index in [0.29, 0.717) is 19.6 Å². The standard InChI is InChI=1S/C29H46N2O5S/c1-8-11-12-13-17-36-27(35)23-22-25(33)31(21(18-32)20(6)10-3)24(26(34)30(16-9-2)19(4)5)29(22)15-14-28(23,7)37-29/h8-9,19-24,32H,1-2,10-18H2,3-7H3/t20-,21-,22-,23+,24?,28-,29?/m0/s1. The number of rotatable bonds is 14. The predicted octanol–water partition coefficient (Wildman–Crippen LogP) is 4.20. The maximum absolute atomic E-state index is 14.3. The van der Waals surface area contributed by atoms with Crippen LogP contribution in [0.15, 0.2) is 25.3 Å². The molecule has 3 aliphatic heterocycles. The molecule has 0 aromatic heterocycles. The Labute approximate surface area is 227 Å². The molecule has 3 saturated heterocycles. The number of hydrogen-bond donors (Lipinski definition) is 1. The van der Waals surface area contributed by atoms with Gasteiger partial charge in [0.05, 0.1) is 35.8 Å². The number of aliphatic hydroxyl groups is 1. The van der Waals surface area contributed by atoms with Crippen molar-refractivity contribution in [2.24, 2.45) is 17.8 Å². The minimum absolute atomic E-state index is 0.000528. The lowest BCUT2D eigenvalue weighted by molar-refractivity contribution is -0.156. The van der Waals surface area contributed by atoms with Crippen LogP contribution in [0.5, 0.6) is 0 Å². The van der Waals surface area contributed by atoms with Crippen LogP contribution < -0.4 is 0 Å². The molecule has 7 atom stereocenters. The third-order valence-electron chi connectivity index (χ3n) is 8.83. The van der Waals surface area contributed by atoms with Crippen molar-refractivity contribution in [1.82, 2.24) is 9.80 Å². The number of likely N-dealkylation sites (tertiary alicyclic amines) is 1. The van der Waals surface area contributed by atoms with Gasteiger partial charge in [-0.05, 0) is 58.8 Å². The Kier molecular flexibility index (Phi) is 9.60. The molecule has 8 heteroatoms. The monoisotopic (exact) mass is 534 g/mol. The molecule has 0 aliphatic carbocycles. The Balaban J connectivity index is 2.04. The van der Waals surface area contributed by atoms with Crippen LogP contribution >= 0.6 is 11.8 Å². The fourth-order valence-corrected chi connectivity index (χ4v) is 9.00. The zero-order valence-corrected chi connectivity index (χ0v) is 24.1. The van der Waals surface area contributed by atoms with Crippen molar-refractivity contribution in [3.63, 3.8) is 0 Å². The lowest BCUT2D eigenvalue weighted by Gasteiger charge is -2.42. The van der Waals surface area contributed by atoms with E-state index in [2.05, 4.69) is 20.1 Å². The summed E-state index contributed by atoms with van der Waals surface area (Å²) in [5, 5.41) is 10.5. The number of carbonyl (C=O) groups is 3. The molecular weight excluding hydrogens is 488 g/mol. The average Bonchev–Trinajstić information content (AvgIpc) is 3.43. The number of nitrogens with zero attached hydrogens (tertiary/aromatic N) is 2. The van der Waals surface area contributed by atoms with Crippen molar-refractivity contribution in [2.75, 3.05) is 19.8 Å². The molecule has 3 fully saturated rings. The molecule has 0 radical (unpaired) electrons. The highest BCUT2D eigenvalue weighted by Gasteiger charge is 2.78. The van der Waals surface area contributed by atoms with E-state index < -0.39 is 33.4 Å². The number of hydrogen-bond acceptors (Lipinski definition) is 6. The van der Waals surface area contributed by atoms with Crippen LogP contribution in [0, 0.1) is 17.8 Å². The summed E-state index contributed by atoms with van der Waals surface area (Å²) in [5.74, 6) is -1.90. The van der Waals surface area contributed by atoms with Crippen LogP contribution in [0.4, 0.5) is 0 Å². The molecule has 0 aromatic carbocycles. The minimum Gasteiger partial charge on any atom is -0.465 e. The van der Waals surface area contributed by atoms with Gasteiger partial charge in [0.1, 0.15) is 6.04 Å². The molecule has 7 nitrogen and oxygen atoms in total. The number of fused-ring (bicyclic) bond motifs is 1. The summed E-state index contributed by atoms with van der Waals surface area (Å²) < 4.78 is 4.56. The van der Waals surface area contributed by atoms with Gasteiger partial charge in [-0.15, -0.1) is 24.9 Å². The highest BCUT2D eigenvalue weighted by molar-refractivity contribution is 8.02. The van der Waals surface area contributed by atoms with Gasteiger partial charge in [-0.3, -0.25) is 14.4 Å². The van der Waals surface area contributed by atoms with E-state index in [1.165, 1.54) is 0 Å². The third kappa shape index (κ3) is 5.12. The van der Waals surface area contributed by atoms with Crippen LogP contribution in [-0.2, 0) is 19.1 Å². The van der Waals surface area contributed by atoms with Gasteiger partial charge in [-0.25, -0.2) is 0 Å². The van der Waals surface area contributed by atoms with Crippen LogP contribution in [0.3, 0.4) is 0 Å². The first kappa shape index (κ1) is 29.8. The second-order valence-electron chi connectivity index (χ2n) is 11.4. The quantitative estimate of drug-likeness (QED) is 0.204. The van der Waals surface area contributed by atoms with Gasteiger partial charge >= 0.3 is 5.97 Å². The first-order chi connectivity index (χ1) is 17.5. The molecule has 0 aromatic rings. The third-order valence-corrected chi connectivity index (χ3v) is 10.8. The summed E-state index contributed by atoms with van der Waals surface area (Å²) in [4.78, 5) is 45.6. The summed E-state index contributed by atoms with van der Waals surface area (Å²) in [6.07, 6.45) is 8.25. The van der Waals surface area contributed by atoms with E-state index in [9.17, 15) is 19.5 Å². The van der Waals surface area contributed by atoms with Gasteiger partial charge in [0.15, 0.2) is 0 Å². The highest BCUT2D eigenvalue weighted by Crippen LogP contribution is 2.72. The molecule has 2 amide bonds. The van der Waals surface area contributed by atoms with Gasteiger partial charge in [0.2, 0.25) is 11.8 Å². The van der Waals surface area contributed by atoms with Crippen LogP contribution in [0.2, 0.25) is 0 Å². The molecule has 0 saturated carbocycles. The molecule has 3 aliphatic rings. The Morgan fingerprint density at radius 1 is 1.24 bits per heavy atom. The van der Waals surface area contributed by atoms with Crippen molar-refractivity contribution in [1.29, 1.82) is 0 Å². The van der Waals surface area contributed by atoms with Gasteiger partial charge in [0.25, 0.3) is 0 Å². The van der Waals surface area contributed by atoms with E-state index in [1.54, 1.807) is 27.6 Å². The normalized spacial score (nSPS) is 31.8. The second kappa shape index (κ2) is 11.9. The number of carbonyl (C=O) groups excluding carboxylic acids is 3. The average molecular weight is 535 g/mol. The van der Waals surface area contributed by atoms with Crippen molar-refractivity contribution < 1.29 is 24.2 Å². The molecule has 208 valence electrons. The SMILES string of the molecule is C=CCCCCOC(=O)[C@H]1[C@H]2C(=O)N([C@@H](CO)[C@@H](C)CC)C(C(=O)N(CC=C)C(C)C)C23CC[C@]1(C)S3. The summed E-state index contributed by atoms with van der Waals surface area (Å²) in [6.45, 7) is 18.0. The Morgan fingerprint density at radius 2 is 1.95 bits per heavy atom. The Hall–Kier alpha value is -1.80. The van der Waals surface area contributed by atoms with E-state index in [0.717, 1.165) is 32.1 Å². The maximum Gasteiger partial charge on any atom is 0.311 e. The summed E-state index contributed by atoms with van der Waals surface area (Å²) >= 11 is 1.64. The molecule has 37 heavy (non-hydrogen) atoms. The fraction of sp³-hybridized carbons (Fsp3) is 0.759. The zero-order valence-electron chi connectivity index (χ0n) is 23.3. The predicted molar refractivity (Wildman–Crippen MR) is 148 cm³/mol. The van der Waals surface area contributed by atoms with Gasteiger partial charge in [-0.1, -0.05) is 32.4 Å². The molecule has 3 rings (SSSR count). The van der Waals surface area contributed by atoms with E-state index in [4.69, 9.17) is 4.74 Å². The van der Waals surface area contributed by atoms with Crippen molar-refractivity contribution in [3.05, 3.63) is 25.3 Å². The fourth-order valence-electron chi connectivity index (χ4n) is 6.68. The van der Waals surface area contributed by atoms with Gasteiger partial charge in [-0.2, -0.15) is 0 Å². The number of esters is 1. The Morgan fingerprint density at radius 3 is 2.51 bits per heavy atom. The van der Waals surface area contributed by atoms with E-state index in [1.807, 2.05) is 33.8 Å². The van der Waals surface area contributed by atoms with Crippen LogP contribution in [0.25, 0.3) is 0 Å². The number of unbranched alkanes of at least 4 members (excludes halogenated alkanes) is 2. The maximum atomic E-state index is 14.3. The van der Waals surface area contributed by atoms with Crippen LogP contribution in [0.1, 0.15) is 73.1 Å². The number of thioether (sulfide) groups is 1. The Bertz CT molecular complexity index is 894. The van der Waals surface area contributed by atoms with Crippen molar-refractivity contribution in [3.8, 4) is 0 Å². The van der Waals surface area contributed by atoms with Crippen molar-refractivity contribution in [2.45, 2.75) is 101 Å². The zero-order chi connectivity index (χ0) is 27.5. The lowest BCUT2D eigenvalue weighted by Crippen LogP contribution is -2.59. The first-order valence-electron chi connectivity index (χ1n) is 13.9.